The summed E-state index contributed by atoms with van der Waals surface area (Å²) in [5.74, 6) is 1.76. The number of quaternary nitrogens is 1. The van der Waals surface area contributed by atoms with Crippen LogP contribution in [0.15, 0.2) is 35.5 Å². The molecule has 0 saturated carbocycles. The van der Waals surface area contributed by atoms with E-state index < -0.39 is 0 Å². The minimum absolute atomic E-state index is 0.0173. The highest BCUT2D eigenvalue weighted by Gasteiger charge is 2.20. The quantitative estimate of drug-likeness (QED) is 0.499. The van der Waals surface area contributed by atoms with Crippen LogP contribution in [-0.4, -0.2) is 55.6 Å². The monoisotopic (exact) mass is 428 g/mol. The van der Waals surface area contributed by atoms with E-state index in [1.165, 1.54) is 24.2 Å². The zero-order valence-electron chi connectivity index (χ0n) is 18.6. The summed E-state index contributed by atoms with van der Waals surface area (Å²) in [6.45, 7) is 6.96. The van der Waals surface area contributed by atoms with Crippen molar-refractivity contribution in [2.24, 2.45) is 0 Å². The average Bonchev–Trinajstić information content (AvgIpc) is 2.72. The highest BCUT2D eigenvalue weighted by Crippen LogP contribution is 2.27. The van der Waals surface area contributed by atoms with Gasteiger partial charge >= 0.3 is 0 Å². The van der Waals surface area contributed by atoms with Gasteiger partial charge < -0.3 is 15.1 Å². The number of carbonyl (C=O) groups is 1. The van der Waals surface area contributed by atoms with E-state index in [-0.39, 0.29) is 5.91 Å². The normalized spacial score (nSPS) is 16.7. The van der Waals surface area contributed by atoms with Crippen LogP contribution in [-0.2, 0) is 5.75 Å². The number of thioether (sulfide) groups is 1. The van der Waals surface area contributed by atoms with E-state index >= 15 is 0 Å². The maximum absolute atomic E-state index is 12.4. The second-order valence-corrected chi connectivity index (χ2v) is 9.33. The third kappa shape index (κ3) is 6.44. The van der Waals surface area contributed by atoms with E-state index in [0.29, 0.717) is 18.2 Å². The summed E-state index contributed by atoms with van der Waals surface area (Å²) in [6, 6.07) is 10.4. The molecule has 3 rings (SSSR count). The van der Waals surface area contributed by atoms with Gasteiger partial charge in [0.1, 0.15) is 5.82 Å². The zero-order chi connectivity index (χ0) is 21.5. The standard InChI is InChI=1S/C23H33N5OS/c1-17-14-21(28-12-6-5-8-18(28)2)26-23(25-17)30-16-19-9-7-10-20(15-19)22(29)24-11-13-27(3)4/h7,9-10,14-15,18H,5-6,8,11-13,16H2,1-4H3,(H,24,29)/p+1/t18-/m1/s1. The Morgan fingerprint density at radius 1 is 1.27 bits per heavy atom. The molecule has 7 heteroatoms. The molecule has 0 spiro atoms. The fourth-order valence-corrected chi connectivity index (χ4v) is 4.50. The Morgan fingerprint density at radius 2 is 2.10 bits per heavy atom. The van der Waals surface area contributed by atoms with Gasteiger partial charge in [-0.15, -0.1) is 0 Å². The van der Waals surface area contributed by atoms with E-state index in [9.17, 15) is 4.79 Å². The molecule has 2 aromatic rings. The van der Waals surface area contributed by atoms with Crippen LogP contribution in [0.4, 0.5) is 5.82 Å². The molecule has 1 amide bonds. The first-order valence-corrected chi connectivity index (χ1v) is 11.8. The molecule has 0 bridgehead atoms. The van der Waals surface area contributed by atoms with Crippen LogP contribution < -0.4 is 15.1 Å². The van der Waals surface area contributed by atoms with Crippen LogP contribution in [0.5, 0.6) is 0 Å². The van der Waals surface area contributed by atoms with Crippen LogP contribution in [0.1, 0.15) is 47.8 Å². The smallest absolute Gasteiger partial charge is 0.251 e. The summed E-state index contributed by atoms with van der Waals surface area (Å²) in [7, 11) is 4.16. The lowest BCUT2D eigenvalue weighted by molar-refractivity contribution is -0.856. The van der Waals surface area contributed by atoms with Crippen LogP contribution in [0.3, 0.4) is 0 Å². The minimum Gasteiger partial charge on any atom is -0.354 e. The summed E-state index contributed by atoms with van der Waals surface area (Å²) in [5.41, 5.74) is 2.80. The zero-order valence-corrected chi connectivity index (χ0v) is 19.4. The van der Waals surface area contributed by atoms with Gasteiger partial charge in [0.15, 0.2) is 5.16 Å². The van der Waals surface area contributed by atoms with E-state index in [2.05, 4.69) is 48.4 Å². The number of amides is 1. The first-order valence-electron chi connectivity index (χ1n) is 10.8. The van der Waals surface area contributed by atoms with E-state index in [1.807, 2.05) is 25.1 Å². The van der Waals surface area contributed by atoms with Crippen LogP contribution in [0, 0.1) is 6.92 Å². The van der Waals surface area contributed by atoms with Crippen LogP contribution in [0.25, 0.3) is 0 Å². The van der Waals surface area contributed by atoms with Gasteiger partial charge in [-0.2, -0.15) is 0 Å². The van der Waals surface area contributed by atoms with Gasteiger partial charge in [-0.05, 0) is 50.8 Å². The molecule has 2 heterocycles. The SMILES string of the molecule is Cc1cc(N2CCCC[C@H]2C)nc(SCc2cccc(C(=O)NCC[NH+](C)C)c2)n1. The number of rotatable bonds is 8. The molecule has 30 heavy (non-hydrogen) atoms. The van der Waals surface area contributed by atoms with Gasteiger partial charge in [0.2, 0.25) is 0 Å². The number of carbonyl (C=O) groups excluding carboxylic acids is 1. The van der Waals surface area contributed by atoms with Crippen molar-refractivity contribution in [3.63, 3.8) is 0 Å². The molecule has 6 nitrogen and oxygen atoms in total. The Hall–Kier alpha value is -2.12. The van der Waals surface area contributed by atoms with Gasteiger partial charge in [-0.25, -0.2) is 9.97 Å². The minimum atomic E-state index is -0.0173. The third-order valence-corrected chi connectivity index (χ3v) is 6.30. The van der Waals surface area contributed by atoms with Gasteiger partial charge in [0, 0.05) is 35.7 Å². The number of nitrogens with one attached hydrogen (secondary N) is 2. The Morgan fingerprint density at radius 3 is 2.87 bits per heavy atom. The molecule has 1 aromatic carbocycles. The largest absolute Gasteiger partial charge is 0.354 e. The van der Waals surface area contributed by atoms with Gasteiger partial charge in [-0.3, -0.25) is 4.79 Å². The summed E-state index contributed by atoms with van der Waals surface area (Å²) in [5, 5.41) is 3.79. The molecule has 162 valence electrons. The molecule has 1 saturated heterocycles. The van der Waals surface area contributed by atoms with Crippen molar-refractivity contribution in [3.8, 4) is 0 Å². The van der Waals surface area contributed by atoms with Gasteiger partial charge in [0.25, 0.3) is 5.91 Å². The summed E-state index contributed by atoms with van der Waals surface area (Å²) in [6.07, 6.45) is 3.74. The van der Waals surface area contributed by atoms with E-state index in [1.54, 1.807) is 11.8 Å². The molecule has 1 atom stereocenters. The van der Waals surface area contributed by atoms with Gasteiger partial charge in [-0.1, -0.05) is 23.9 Å². The van der Waals surface area contributed by atoms with Crippen LogP contribution >= 0.6 is 11.8 Å². The predicted molar refractivity (Wildman–Crippen MR) is 123 cm³/mol. The lowest BCUT2D eigenvalue weighted by atomic mass is 10.0. The fraction of sp³-hybridized carbons (Fsp3) is 0.522. The number of nitrogens with zero attached hydrogens (tertiary/aromatic N) is 3. The number of benzene rings is 1. The lowest BCUT2D eigenvalue weighted by Crippen LogP contribution is -3.06. The molecule has 2 N–H and O–H groups in total. The molecule has 1 aromatic heterocycles. The lowest BCUT2D eigenvalue weighted by Gasteiger charge is -2.34. The number of aromatic nitrogens is 2. The Kier molecular flexibility index (Phi) is 8.10. The molecule has 1 fully saturated rings. The van der Waals surface area contributed by atoms with Crippen molar-refractivity contribution < 1.29 is 9.69 Å². The maximum atomic E-state index is 12.4. The highest BCUT2D eigenvalue weighted by molar-refractivity contribution is 7.98. The van der Waals surface area contributed by atoms with Crippen molar-refractivity contribution in [1.82, 2.24) is 15.3 Å². The van der Waals surface area contributed by atoms with Crippen LogP contribution in [0.2, 0.25) is 0 Å². The topological polar surface area (TPSA) is 62.6 Å². The molecular weight excluding hydrogens is 394 g/mol. The second-order valence-electron chi connectivity index (χ2n) is 8.39. The van der Waals surface area contributed by atoms with E-state index in [0.717, 1.165) is 41.1 Å². The number of piperidine rings is 1. The summed E-state index contributed by atoms with van der Waals surface area (Å²) < 4.78 is 0. The molecule has 0 unspecified atom stereocenters. The molecule has 1 aliphatic heterocycles. The molecule has 0 radical (unpaired) electrons. The number of likely N-dealkylation sites (N-methyl/N-ethyl adjacent to an activating group) is 1. The first kappa shape index (κ1) is 22.6. The summed E-state index contributed by atoms with van der Waals surface area (Å²) in [4.78, 5) is 25.6. The maximum Gasteiger partial charge on any atom is 0.251 e. The molecule has 0 aliphatic carbocycles. The number of anilines is 1. The Labute approximate surface area is 184 Å². The second kappa shape index (κ2) is 10.8. The third-order valence-electron chi connectivity index (χ3n) is 5.39. The Bertz CT molecular complexity index is 857. The fourth-order valence-electron chi connectivity index (χ4n) is 3.65. The predicted octanol–water partition coefficient (Wildman–Crippen LogP) is 2.33. The average molecular weight is 429 g/mol. The van der Waals surface area contributed by atoms with E-state index in [4.69, 9.17) is 4.98 Å². The van der Waals surface area contributed by atoms with Gasteiger partial charge in [0.05, 0.1) is 27.2 Å². The van der Waals surface area contributed by atoms with Crippen molar-refractivity contribution in [3.05, 3.63) is 47.2 Å². The van der Waals surface area contributed by atoms with Crippen molar-refractivity contribution in [2.45, 2.75) is 50.1 Å². The first-order chi connectivity index (χ1) is 14.4. The summed E-state index contributed by atoms with van der Waals surface area (Å²) >= 11 is 1.63. The highest BCUT2D eigenvalue weighted by atomic mass is 32.2. The Balaban J connectivity index is 1.63. The number of hydrogen-bond acceptors (Lipinski definition) is 5. The number of hydrogen-bond donors (Lipinski definition) is 2. The number of aryl methyl sites for hydroxylation is 1. The van der Waals surface area contributed by atoms with Crippen molar-refractivity contribution in [2.75, 3.05) is 38.6 Å². The molecule has 1 aliphatic rings. The van der Waals surface area contributed by atoms with Crippen molar-refractivity contribution in [1.29, 1.82) is 0 Å². The molecular formula is C23H34N5OS+. The van der Waals surface area contributed by atoms with Crippen molar-refractivity contribution >= 4 is 23.5 Å².